The summed E-state index contributed by atoms with van der Waals surface area (Å²) in [6.45, 7) is 5.67. The van der Waals surface area contributed by atoms with E-state index in [-0.39, 0.29) is 11.9 Å². The monoisotopic (exact) mass is 351 g/mol. The van der Waals surface area contributed by atoms with E-state index in [1.165, 1.54) is 4.31 Å². The van der Waals surface area contributed by atoms with Crippen LogP contribution in [0.15, 0.2) is 35.2 Å². The Morgan fingerprint density at radius 2 is 1.54 bits per heavy atom. The van der Waals surface area contributed by atoms with Crippen LogP contribution >= 0.6 is 0 Å². The molecule has 0 radical (unpaired) electrons. The average Bonchev–Trinajstić information content (AvgIpc) is 3.16. The number of rotatable bonds is 4. The standard InChI is InChI=1S/C17H25N3O3S/c1-15(17(21)19-9-5-6-10-19)18-11-13-20(14-12-18)24(22,23)16-7-3-2-4-8-16/h2-4,7-8,15H,5-6,9-14H2,1H3/t15-/m0/s1. The average molecular weight is 351 g/mol. The molecule has 1 aromatic rings. The van der Waals surface area contributed by atoms with Gasteiger partial charge in [-0.1, -0.05) is 18.2 Å². The molecule has 132 valence electrons. The molecule has 7 heteroatoms. The zero-order chi connectivity index (χ0) is 17.2. The van der Waals surface area contributed by atoms with Gasteiger partial charge in [-0.25, -0.2) is 8.42 Å². The Morgan fingerprint density at radius 3 is 2.12 bits per heavy atom. The highest BCUT2D eigenvalue weighted by molar-refractivity contribution is 7.89. The molecule has 2 heterocycles. The van der Waals surface area contributed by atoms with Crippen LogP contribution in [0.4, 0.5) is 0 Å². The van der Waals surface area contributed by atoms with E-state index < -0.39 is 10.0 Å². The lowest BCUT2D eigenvalue weighted by atomic mass is 10.2. The van der Waals surface area contributed by atoms with Gasteiger partial charge in [0, 0.05) is 39.3 Å². The quantitative estimate of drug-likeness (QED) is 0.812. The summed E-state index contributed by atoms with van der Waals surface area (Å²) >= 11 is 0. The molecule has 2 aliphatic rings. The van der Waals surface area contributed by atoms with Crippen LogP contribution in [0, 0.1) is 0 Å². The highest BCUT2D eigenvalue weighted by atomic mass is 32.2. The van der Waals surface area contributed by atoms with Crippen molar-refractivity contribution < 1.29 is 13.2 Å². The third-order valence-corrected chi connectivity index (χ3v) is 6.89. The van der Waals surface area contributed by atoms with Gasteiger partial charge in [0.1, 0.15) is 0 Å². The fourth-order valence-corrected chi connectivity index (χ4v) is 4.87. The first-order chi connectivity index (χ1) is 11.5. The van der Waals surface area contributed by atoms with Crippen LogP contribution in [0.2, 0.25) is 0 Å². The molecule has 1 atom stereocenters. The van der Waals surface area contributed by atoms with Gasteiger partial charge in [0.05, 0.1) is 10.9 Å². The molecule has 0 aliphatic carbocycles. The maximum absolute atomic E-state index is 12.6. The second kappa shape index (κ2) is 7.21. The predicted octanol–water partition coefficient (Wildman–Crippen LogP) is 1.00. The molecule has 0 N–H and O–H groups in total. The fraction of sp³-hybridized carbons (Fsp3) is 0.588. The van der Waals surface area contributed by atoms with E-state index in [2.05, 4.69) is 4.90 Å². The van der Waals surface area contributed by atoms with E-state index in [1.807, 2.05) is 17.9 Å². The van der Waals surface area contributed by atoms with E-state index in [0.29, 0.717) is 31.1 Å². The van der Waals surface area contributed by atoms with Gasteiger partial charge in [-0.3, -0.25) is 9.69 Å². The van der Waals surface area contributed by atoms with Crippen molar-refractivity contribution in [1.29, 1.82) is 0 Å². The summed E-state index contributed by atoms with van der Waals surface area (Å²) in [6.07, 6.45) is 2.17. The van der Waals surface area contributed by atoms with Crippen LogP contribution in [0.5, 0.6) is 0 Å². The van der Waals surface area contributed by atoms with Crippen molar-refractivity contribution in [2.24, 2.45) is 0 Å². The first-order valence-corrected chi connectivity index (χ1v) is 10.0. The largest absolute Gasteiger partial charge is 0.341 e. The maximum Gasteiger partial charge on any atom is 0.243 e. The van der Waals surface area contributed by atoms with Gasteiger partial charge in [0.15, 0.2) is 0 Å². The first kappa shape index (κ1) is 17.4. The van der Waals surface area contributed by atoms with Crippen molar-refractivity contribution in [1.82, 2.24) is 14.1 Å². The number of carbonyl (C=O) groups excluding carboxylic acids is 1. The molecule has 1 amide bonds. The van der Waals surface area contributed by atoms with Crippen LogP contribution in [0.25, 0.3) is 0 Å². The van der Waals surface area contributed by atoms with Crippen molar-refractivity contribution in [2.45, 2.75) is 30.7 Å². The fourth-order valence-electron chi connectivity index (χ4n) is 3.43. The lowest BCUT2D eigenvalue weighted by molar-refractivity contribution is -0.135. The van der Waals surface area contributed by atoms with Gasteiger partial charge in [-0.05, 0) is 31.9 Å². The van der Waals surface area contributed by atoms with Crippen LogP contribution in [0.1, 0.15) is 19.8 Å². The van der Waals surface area contributed by atoms with Gasteiger partial charge in [0.25, 0.3) is 0 Å². The lowest BCUT2D eigenvalue weighted by Gasteiger charge is -2.37. The SMILES string of the molecule is C[C@@H](C(=O)N1CCCC1)N1CCN(S(=O)(=O)c2ccccc2)CC1. The van der Waals surface area contributed by atoms with E-state index in [0.717, 1.165) is 25.9 Å². The first-order valence-electron chi connectivity index (χ1n) is 8.58. The Morgan fingerprint density at radius 1 is 0.958 bits per heavy atom. The summed E-state index contributed by atoms with van der Waals surface area (Å²) in [4.78, 5) is 16.9. The number of carbonyl (C=O) groups is 1. The molecular weight excluding hydrogens is 326 g/mol. The van der Waals surface area contributed by atoms with Crippen LogP contribution in [-0.4, -0.2) is 73.7 Å². The number of sulfonamides is 1. The summed E-state index contributed by atoms with van der Waals surface area (Å²) < 4.78 is 26.8. The molecule has 3 rings (SSSR count). The van der Waals surface area contributed by atoms with Gasteiger partial charge in [0.2, 0.25) is 15.9 Å². The minimum atomic E-state index is -3.44. The Balaban J connectivity index is 1.60. The molecule has 6 nitrogen and oxygen atoms in total. The number of benzene rings is 1. The normalized spacial score (nSPS) is 21.8. The Bertz CT molecular complexity index is 664. The highest BCUT2D eigenvalue weighted by Gasteiger charge is 2.33. The zero-order valence-electron chi connectivity index (χ0n) is 14.1. The van der Waals surface area contributed by atoms with Crippen LogP contribution in [-0.2, 0) is 14.8 Å². The van der Waals surface area contributed by atoms with Crippen molar-refractivity contribution >= 4 is 15.9 Å². The molecule has 1 aromatic carbocycles. The molecule has 2 saturated heterocycles. The van der Waals surface area contributed by atoms with Crippen LogP contribution < -0.4 is 0 Å². The summed E-state index contributed by atoms with van der Waals surface area (Å²) in [5, 5.41) is 0. The molecule has 0 aromatic heterocycles. The predicted molar refractivity (Wildman–Crippen MR) is 92.0 cm³/mol. The molecular formula is C17H25N3O3S. The number of piperazine rings is 1. The molecule has 2 fully saturated rings. The van der Waals surface area contributed by atoms with Gasteiger partial charge in [-0.15, -0.1) is 0 Å². The van der Waals surface area contributed by atoms with E-state index in [4.69, 9.17) is 0 Å². The maximum atomic E-state index is 12.6. The third kappa shape index (κ3) is 3.48. The lowest BCUT2D eigenvalue weighted by Crippen LogP contribution is -2.55. The second-order valence-corrected chi connectivity index (χ2v) is 8.40. The molecule has 0 bridgehead atoms. The van der Waals surface area contributed by atoms with Crippen molar-refractivity contribution in [3.63, 3.8) is 0 Å². The summed E-state index contributed by atoms with van der Waals surface area (Å²) in [5.41, 5.74) is 0. The van der Waals surface area contributed by atoms with E-state index in [1.54, 1.807) is 24.3 Å². The van der Waals surface area contributed by atoms with E-state index >= 15 is 0 Å². The minimum absolute atomic E-state index is 0.173. The highest BCUT2D eigenvalue weighted by Crippen LogP contribution is 2.19. The number of hydrogen-bond donors (Lipinski definition) is 0. The zero-order valence-corrected chi connectivity index (χ0v) is 14.9. The molecule has 0 spiro atoms. The molecule has 2 aliphatic heterocycles. The smallest absolute Gasteiger partial charge is 0.243 e. The minimum Gasteiger partial charge on any atom is -0.341 e. The Kier molecular flexibility index (Phi) is 5.22. The van der Waals surface area contributed by atoms with Crippen molar-refractivity contribution in [3.8, 4) is 0 Å². The second-order valence-electron chi connectivity index (χ2n) is 6.46. The topological polar surface area (TPSA) is 60.9 Å². The molecule has 0 unspecified atom stereocenters. The van der Waals surface area contributed by atoms with Crippen molar-refractivity contribution in [3.05, 3.63) is 30.3 Å². The summed E-state index contributed by atoms with van der Waals surface area (Å²) in [6, 6.07) is 8.36. The Labute approximate surface area is 144 Å². The Hall–Kier alpha value is -1.44. The van der Waals surface area contributed by atoms with Gasteiger partial charge in [-0.2, -0.15) is 4.31 Å². The summed E-state index contributed by atoms with van der Waals surface area (Å²) in [7, 11) is -3.44. The van der Waals surface area contributed by atoms with Crippen molar-refractivity contribution in [2.75, 3.05) is 39.3 Å². The van der Waals surface area contributed by atoms with Crippen LogP contribution in [0.3, 0.4) is 0 Å². The van der Waals surface area contributed by atoms with Gasteiger partial charge < -0.3 is 4.90 Å². The molecule has 0 saturated carbocycles. The summed E-state index contributed by atoms with van der Waals surface area (Å²) in [5.74, 6) is 0.173. The van der Waals surface area contributed by atoms with Gasteiger partial charge >= 0.3 is 0 Å². The third-order valence-electron chi connectivity index (χ3n) is 4.98. The number of amides is 1. The number of likely N-dealkylation sites (tertiary alicyclic amines) is 1. The number of hydrogen-bond acceptors (Lipinski definition) is 4. The number of nitrogens with zero attached hydrogens (tertiary/aromatic N) is 3. The molecule has 24 heavy (non-hydrogen) atoms. The van der Waals surface area contributed by atoms with E-state index in [9.17, 15) is 13.2 Å².